The van der Waals surface area contributed by atoms with Crippen molar-refractivity contribution in [3.8, 4) is 0 Å². The summed E-state index contributed by atoms with van der Waals surface area (Å²) in [5.74, 6) is 1.66. The standard InChI is InChI=1S/C9H18/c1-5-6-9(4)7-8(2)3/h5,8-9H,1,6-7H2,2-4H3/t9-/m1/s1. The van der Waals surface area contributed by atoms with Gasteiger partial charge in [0.05, 0.1) is 0 Å². The van der Waals surface area contributed by atoms with E-state index in [9.17, 15) is 0 Å². The van der Waals surface area contributed by atoms with Gasteiger partial charge in [-0.25, -0.2) is 0 Å². The van der Waals surface area contributed by atoms with Gasteiger partial charge in [0.15, 0.2) is 0 Å². The molecule has 0 aromatic rings. The van der Waals surface area contributed by atoms with Gasteiger partial charge in [0.1, 0.15) is 0 Å². The van der Waals surface area contributed by atoms with E-state index in [2.05, 4.69) is 27.4 Å². The lowest BCUT2D eigenvalue weighted by Gasteiger charge is -2.10. The maximum atomic E-state index is 3.71. The molecule has 0 aromatic heterocycles. The molecule has 0 saturated heterocycles. The predicted molar refractivity (Wildman–Crippen MR) is 43.4 cm³/mol. The number of rotatable bonds is 4. The first-order valence-electron chi connectivity index (χ1n) is 3.77. The van der Waals surface area contributed by atoms with E-state index in [1.165, 1.54) is 6.42 Å². The quantitative estimate of drug-likeness (QED) is 0.507. The van der Waals surface area contributed by atoms with E-state index in [0.717, 1.165) is 18.3 Å². The average Bonchev–Trinajstić information content (AvgIpc) is 1.63. The lowest BCUT2D eigenvalue weighted by molar-refractivity contribution is 0.443. The van der Waals surface area contributed by atoms with E-state index in [-0.39, 0.29) is 0 Å². The molecule has 0 radical (unpaired) electrons. The van der Waals surface area contributed by atoms with Crippen molar-refractivity contribution in [2.45, 2.75) is 33.6 Å². The molecule has 0 aliphatic carbocycles. The summed E-state index contributed by atoms with van der Waals surface area (Å²) in [6.45, 7) is 10.5. The van der Waals surface area contributed by atoms with Crippen molar-refractivity contribution in [3.05, 3.63) is 12.7 Å². The Kier molecular flexibility index (Phi) is 4.47. The highest BCUT2D eigenvalue weighted by molar-refractivity contribution is 4.70. The van der Waals surface area contributed by atoms with Crippen LogP contribution in [0.4, 0.5) is 0 Å². The highest BCUT2D eigenvalue weighted by Gasteiger charge is 2.01. The monoisotopic (exact) mass is 126 g/mol. The first-order chi connectivity index (χ1) is 4.16. The summed E-state index contributed by atoms with van der Waals surface area (Å²) in [5, 5.41) is 0. The Morgan fingerprint density at radius 3 is 2.22 bits per heavy atom. The average molecular weight is 126 g/mol. The van der Waals surface area contributed by atoms with Crippen LogP contribution in [-0.4, -0.2) is 0 Å². The summed E-state index contributed by atoms with van der Waals surface area (Å²) in [5.41, 5.74) is 0. The molecule has 0 bridgehead atoms. The van der Waals surface area contributed by atoms with Crippen molar-refractivity contribution in [3.63, 3.8) is 0 Å². The minimum absolute atomic E-state index is 0.822. The molecule has 1 atom stereocenters. The van der Waals surface area contributed by atoms with Gasteiger partial charge >= 0.3 is 0 Å². The first kappa shape index (κ1) is 8.74. The number of allylic oxidation sites excluding steroid dienone is 1. The van der Waals surface area contributed by atoms with Crippen molar-refractivity contribution >= 4 is 0 Å². The summed E-state index contributed by atoms with van der Waals surface area (Å²) < 4.78 is 0. The third-order valence-electron chi connectivity index (χ3n) is 1.44. The summed E-state index contributed by atoms with van der Waals surface area (Å²) in [6, 6.07) is 0. The topological polar surface area (TPSA) is 0 Å². The molecule has 9 heavy (non-hydrogen) atoms. The first-order valence-corrected chi connectivity index (χ1v) is 3.77. The van der Waals surface area contributed by atoms with Crippen molar-refractivity contribution in [1.29, 1.82) is 0 Å². The van der Waals surface area contributed by atoms with E-state index < -0.39 is 0 Å². The van der Waals surface area contributed by atoms with Gasteiger partial charge < -0.3 is 0 Å². The maximum absolute atomic E-state index is 3.71. The molecule has 0 saturated carbocycles. The van der Waals surface area contributed by atoms with E-state index in [0.29, 0.717) is 0 Å². The number of hydrogen-bond donors (Lipinski definition) is 0. The predicted octanol–water partition coefficient (Wildman–Crippen LogP) is 3.24. The minimum Gasteiger partial charge on any atom is -0.103 e. The van der Waals surface area contributed by atoms with E-state index in [4.69, 9.17) is 0 Å². The van der Waals surface area contributed by atoms with Gasteiger partial charge in [-0.15, -0.1) is 6.58 Å². The fourth-order valence-electron chi connectivity index (χ4n) is 1.19. The molecule has 0 unspecified atom stereocenters. The van der Waals surface area contributed by atoms with Crippen LogP contribution in [-0.2, 0) is 0 Å². The second-order valence-corrected chi connectivity index (χ2v) is 3.26. The third-order valence-corrected chi connectivity index (χ3v) is 1.44. The van der Waals surface area contributed by atoms with Gasteiger partial charge in [-0.05, 0) is 24.7 Å². The second kappa shape index (κ2) is 4.60. The van der Waals surface area contributed by atoms with Crippen LogP contribution in [0.5, 0.6) is 0 Å². The molecule has 0 N–H and O–H groups in total. The van der Waals surface area contributed by atoms with Crippen LogP contribution < -0.4 is 0 Å². The van der Waals surface area contributed by atoms with Crippen molar-refractivity contribution in [2.24, 2.45) is 11.8 Å². The van der Waals surface area contributed by atoms with Crippen LogP contribution in [0.2, 0.25) is 0 Å². The zero-order valence-electron chi connectivity index (χ0n) is 6.85. The molecule has 0 heterocycles. The normalized spacial score (nSPS) is 13.8. The Hall–Kier alpha value is -0.260. The number of hydrogen-bond acceptors (Lipinski definition) is 0. The summed E-state index contributed by atoms with van der Waals surface area (Å²) in [4.78, 5) is 0. The Labute approximate surface area is 59.0 Å². The largest absolute Gasteiger partial charge is 0.103 e. The van der Waals surface area contributed by atoms with E-state index >= 15 is 0 Å². The van der Waals surface area contributed by atoms with E-state index in [1.807, 2.05) is 6.08 Å². The molecular weight excluding hydrogens is 108 g/mol. The highest BCUT2D eigenvalue weighted by Crippen LogP contribution is 2.13. The van der Waals surface area contributed by atoms with Crippen molar-refractivity contribution < 1.29 is 0 Å². The zero-order chi connectivity index (χ0) is 7.28. The van der Waals surface area contributed by atoms with Gasteiger partial charge in [-0.1, -0.05) is 26.8 Å². The van der Waals surface area contributed by atoms with Crippen LogP contribution >= 0.6 is 0 Å². The van der Waals surface area contributed by atoms with Gasteiger partial charge in [-0.3, -0.25) is 0 Å². The molecule has 0 nitrogen and oxygen atoms in total. The van der Waals surface area contributed by atoms with Gasteiger partial charge in [0, 0.05) is 0 Å². The summed E-state index contributed by atoms with van der Waals surface area (Å²) in [6.07, 6.45) is 4.50. The molecule has 0 fully saturated rings. The van der Waals surface area contributed by atoms with Crippen LogP contribution in [0.25, 0.3) is 0 Å². The van der Waals surface area contributed by atoms with Crippen LogP contribution in [0, 0.1) is 11.8 Å². The third kappa shape index (κ3) is 5.61. The molecule has 0 rings (SSSR count). The fourth-order valence-corrected chi connectivity index (χ4v) is 1.19. The van der Waals surface area contributed by atoms with Gasteiger partial charge in [0.2, 0.25) is 0 Å². The smallest absolute Gasteiger partial charge is 0.0327 e. The van der Waals surface area contributed by atoms with Gasteiger partial charge in [0.25, 0.3) is 0 Å². The Bertz CT molecular complexity index is 72.1. The molecule has 54 valence electrons. The summed E-state index contributed by atoms with van der Waals surface area (Å²) in [7, 11) is 0. The van der Waals surface area contributed by atoms with Crippen molar-refractivity contribution in [2.75, 3.05) is 0 Å². The minimum atomic E-state index is 0.822. The molecule has 0 amide bonds. The molecule has 0 spiro atoms. The Morgan fingerprint density at radius 2 is 1.89 bits per heavy atom. The second-order valence-electron chi connectivity index (χ2n) is 3.26. The molecular formula is C9H18. The fraction of sp³-hybridized carbons (Fsp3) is 0.778. The van der Waals surface area contributed by atoms with E-state index in [1.54, 1.807) is 0 Å². The SMILES string of the molecule is C=CC[C@@H](C)CC(C)C. The molecule has 0 heteroatoms. The van der Waals surface area contributed by atoms with Crippen LogP contribution in [0.3, 0.4) is 0 Å². The molecule has 0 aliphatic rings. The zero-order valence-corrected chi connectivity index (χ0v) is 6.85. The Morgan fingerprint density at radius 1 is 1.33 bits per heavy atom. The van der Waals surface area contributed by atoms with Crippen LogP contribution in [0.1, 0.15) is 33.6 Å². The van der Waals surface area contributed by atoms with Crippen LogP contribution in [0.15, 0.2) is 12.7 Å². The summed E-state index contributed by atoms with van der Waals surface area (Å²) >= 11 is 0. The molecule has 0 aliphatic heterocycles. The highest BCUT2D eigenvalue weighted by atomic mass is 14.1. The Balaban J connectivity index is 3.25. The lowest BCUT2D eigenvalue weighted by Crippen LogP contribution is -1.97. The van der Waals surface area contributed by atoms with Gasteiger partial charge in [-0.2, -0.15) is 0 Å². The molecule has 0 aromatic carbocycles. The maximum Gasteiger partial charge on any atom is -0.0327 e. The lowest BCUT2D eigenvalue weighted by atomic mass is 9.96. The van der Waals surface area contributed by atoms with Crippen molar-refractivity contribution in [1.82, 2.24) is 0 Å².